The Morgan fingerprint density at radius 2 is 2.13 bits per heavy atom. The Kier molecular flexibility index (Phi) is 5.29. The van der Waals surface area contributed by atoms with E-state index in [1.807, 2.05) is 11.3 Å². The lowest BCUT2D eigenvalue weighted by Gasteiger charge is -2.21. The molecule has 0 bridgehead atoms. The maximum absolute atomic E-state index is 3.60. The van der Waals surface area contributed by atoms with Crippen LogP contribution in [0.15, 0.2) is 12.1 Å². The fourth-order valence-corrected chi connectivity index (χ4v) is 2.52. The number of rotatable bonds is 6. The first-order chi connectivity index (χ1) is 7.13. The van der Waals surface area contributed by atoms with Gasteiger partial charge in [0, 0.05) is 16.3 Å². The molecule has 1 unspecified atom stereocenters. The van der Waals surface area contributed by atoms with Crippen LogP contribution < -0.4 is 5.32 Å². The standard InChI is InChI=1S/C12H22N2S/c1-5-8-13-11(9-14(3)4)12-7-6-10(2)15-12/h6-7,11,13H,5,8-9H2,1-4H3. The topological polar surface area (TPSA) is 15.3 Å². The number of nitrogens with zero attached hydrogens (tertiary/aromatic N) is 1. The largest absolute Gasteiger partial charge is 0.308 e. The summed E-state index contributed by atoms with van der Waals surface area (Å²) in [5, 5.41) is 3.60. The fourth-order valence-electron chi connectivity index (χ4n) is 1.58. The van der Waals surface area contributed by atoms with Crippen LogP contribution in [0.1, 0.15) is 29.1 Å². The molecule has 0 radical (unpaired) electrons. The second-order valence-corrected chi connectivity index (χ2v) is 5.54. The van der Waals surface area contributed by atoms with Crippen molar-refractivity contribution in [3.63, 3.8) is 0 Å². The molecule has 1 aromatic heterocycles. The molecule has 1 N–H and O–H groups in total. The van der Waals surface area contributed by atoms with E-state index in [2.05, 4.69) is 50.3 Å². The molecule has 15 heavy (non-hydrogen) atoms. The predicted octanol–water partition coefficient (Wildman–Crippen LogP) is 2.66. The smallest absolute Gasteiger partial charge is 0.0543 e. The lowest BCUT2D eigenvalue weighted by atomic mass is 10.2. The van der Waals surface area contributed by atoms with E-state index in [9.17, 15) is 0 Å². The van der Waals surface area contributed by atoms with Crippen LogP contribution in [-0.2, 0) is 0 Å². The van der Waals surface area contributed by atoms with Gasteiger partial charge in [0.05, 0.1) is 6.04 Å². The van der Waals surface area contributed by atoms with Crippen LogP contribution in [0.5, 0.6) is 0 Å². The molecule has 0 aliphatic heterocycles. The summed E-state index contributed by atoms with van der Waals surface area (Å²) in [5.41, 5.74) is 0. The summed E-state index contributed by atoms with van der Waals surface area (Å²) in [5.74, 6) is 0. The second-order valence-electron chi connectivity index (χ2n) is 4.22. The first-order valence-corrected chi connectivity index (χ1v) is 6.39. The molecule has 1 aromatic rings. The van der Waals surface area contributed by atoms with Crippen LogP contribution >= 0.6 is 11.3 Å². The number of hydrogen-bond acceptors (Lipinski definition) is 3. The Morgan fingerprint density at radius 1 is 1.40 bits per heavy atom. The van der Waals surface area contributed by atoms with Crippen LogP contribution in [0.2, 0.25) is 0 Å². The lowest BCUT2D eigenvalue weighted by Crippen LogP contribution is -2.31. The van der Waals surface area contributed by atoms with Crippen LogP contribution in [-0.4, -0.2) is 32.1 Å². The summed E-state index contributed by atoms with van der Waals surface area (Å²) >= 11 is 1.90. The van der Waals surface area contributed by atoms with Gasteiger partial charge in [-0.3, -0.25) is 0 Å². The maximum atomic E-state index is 3.60. The van der Waals surface area contributed by atoms with Gasteiger partial charge in [0.2, 0.25) is 0 Å². The third kappa shape index (κ3) is 4.33. The van der Waals surface area contributed by atoms with Crippen molar-refractivity contribution < 1.29 is 0 Å². The Labute approximate surface area is 97.3 Å². The number of thiophene rings is 1. The summed E-state index contributed by atoms with van der Waals surface area (Å²) in [6, 6.07) is 4.94. The van der Waals surface area contributed by atoms with Crippen molar-refractivity contribution in [3.8, 4) is 0 Å². The molecule has 2 nitrogen and oxygen atoms in total. The van der Waals surface area contributed by atoms with Gasteiger partial charge in [-0.2, -0.15) is 0 Å². The third-order valence-electron chi connectivity index (χ3n) is 2.29. The Balaban J connectivity index is 2.62. The van der Waals surface area contributed by atoms with Gasteiger partial charge in [-0.15, -0.1) is 11.3 Å². The van der Waals surface area contributed by atoms with Crippen LogP contribution in [0, 0.1) is 6.92 Å². The van der Waals surface area contributed by atoms with Gasteiger partial charge in [-0.1, -0.05) is 6.92 Å². The van der Waals surface area contributed by atoms with E-state index < -0.39 is 0 Å². The monoisotopic (exact) mass is 226 g/mol. The molecule has 0 fully saturated rings. The average molecular weight is 226 g/mol. The van der Waals surface area contributed by atoms with Gasteiger partial charge < -0.3 is 10.2 Å². The minimum atomic E-state index is 0.485. The Bertz CT molecular complexity index is 281. The summed E-state index contributed by atoms with van der Waals surface area (Å²) in [6.45, 7) is 6.54. The normalized spacial score (nSPS) is 13.4. The Morgan fingerprint density at radius 3 is 2.60 bits per heavy atom. The van der Waals surface area contributed by atoms with Crippen molar-refractivity contribution >= 4 is 11.3 Å². The third-order valence-corrected chi connectivity index (χ3v) is 3.41. The molecule has 0 saturated carbocycles. The summed E-state index contributed by atoms with van der Waals surface area (Å²) < 4.78 is 0. The van der Waals surface area contributed by atoms with Crippen LogP contribution in [0.25, 0.3) is 0 Å². The van der Waals surface area contributed by atoms with Crippen molar-refractivity contribution in [1.82, 2.24) is 10.2 Å². The van der Waals surface area contributed by atoms with E-state index in [0.717, 1.165) is 13.1 Å². The Hall–Kier alpha value is -0.380. The van der Waals surface area contributed by atoms with Crippen LogP contribution in [0.3, 0.4) is 0 Å². The van der Waals surface area contributed by atoms with Gasteiger partial charge in [-0.25, -0.2) is 0 Å². The van der Waals surface area contributed by atoms with Crippen molar-refractivity contribution in [1.29, 1.82) is 0 Å². The van der Waals surface area contributed by atoms with Crippen molar-refractivity contribution in [3.05, 3.63) is 21.9 Å². The second kappa shape index (κ2) is 6.26. The van der Waals surface area contributed by atoms with E-state index in [0.29, 0.717) is 6.04 Å². The maximum Gasteiger partial charge on any atom is 0.0543 e. The number of hydrogen-bond donors (Lipinski definition) is 1. The first-order valence-electron chi connectivity index (χ1n) is 5.58. The van der Waals surface area contributed by atoms with E-state index in [4.69, 9.17) is 0 Å². The average Bonchev–Trinajstić information content (AvgIpc) is 2.58. The molecule has 0 saturated heterocycles. The van der Waals surface area contributed by atoms with E-state index >= 15 is 0 Å². The molecular formula is C12H22N2S. The zero-order chi connectivity index (χ0) is 11.3. The van der Waals surface area contributed by atoms with Crippen molar-refractivity contribution in [2.75, 3.05) is 27.2 Å². The fraction of sp³-hybridized carbons (Fsp3) is 0.667. The minimum absolute atomic E-state index is 0.485. The summed E-state index contributed by atoms with van der Waals surface area (Å²) in [7, 11) is 4.25. The highest BCUT2D eigenvalue weighted by molar-refractivity contribution is 7.12. The van der Waals surface area contributed by atoms with Crippen molar-refractivity contribution in [2.45, 2.75) is 26.3 Å². The zero-order valence-electron chi connectivity index (χ0n) is 10.2. The van der Waals surface area contributed by atoms with E-state index in [-0.39, 0.29) is 0 Å². The molecule has 0 aliphatic carbocycles. The molecule has 86 valence electrons. The lowest BCUT2D eigenvalue weighted by molar-refractivity contribution is 0.345. The van der Waals surface area contributed by atoms with Gasteiger partial charge >= 0.3 is 0 Å². The van der Waals surface area contributed by atoms with E-state index in [1.54, 1.807) is 0 Å². The predicted molar refractivity (Wildman–Crippen MR) is 68.6 cm³/mol. The molecule has 0 spiro atoms. The summed E-state index contributed by atoms with van der Waals surface area (Å²) in [4.78, 5) is 5.09. The quantitative estimate of drug-likeness (QED) is 0.802. The SMILES string of the molecule is CCCNC(CN(C)C)c1ccc(C)s1. The van der Waals surface area contributed by atoms with Gasteiger partial charge in [-0.05, 0) is 46.1 Å². The molecule has 1 heterocycles. The number of aryl methyl sites for hydroxylation is 1. The molecule has 1 atom stereocenters. The summed E-state index contributed by atoms with van der Waals surface area (Å²) in [6.07, 6.45) is 1.19. The van der Waals surface area contributed by atoms with Gasteiger partial charge in [0.1, 0.15) is 0 Å². The van der Waals surface area contributed by atoms with Crippen molar-refractivity contribution in [2.24, 2.45) is 0 Å². The first kappa shape index (κ1) is 12.7. The molecular weight excluding hydrogens is 204 g/mol. The molecule has 0 aliphatic rings. The molecule has 0 aromatic carbocycles. The highest BCUT2D eigenvalue weighted by atomic mass is 32.1. The highest BCUT2D eigenvalue weighted by Crippen LogP contribution is 2.23. The number of nitrogens with one attached hydrogen (secondary N) is 1. The van der Waals surface area contributed by atoms with E-state index in [1.165, 1.54) is 16.2 Å². The zero-order valence-corrected chi connectivity index (χ0v) is 11.0. The number of likely N-dealkylation sites (N-methyl/N-ethyl adjacent to an activating group) is 1. The molecule has 3 heteroatoms. The van der Waals surface area contributed by atoms with Gasteiger partial charge in [0.25, 0.3) is 0 Å². The van der Waals surface area contributed by atoms with Gasteiger partial charge in [0.15, 0.2) is 0 Å². The molecule has 1 rings (SSSR count). The highest BCUT2D eigenvalue weighted by Gasteiger charge is 2.12. The van der Waals surface area contributed by atoms with Crippen LogP contribution in [0.4, 0.5) is 0 Å². The molecule has 0 amide bonds. The minimum Gasteiger partial charge on any atom is -0.308 e.